The molecule has 0 saturated carbocycles. The third-order valence-corrected chi connectivity index (χ3v) is 4.71. The molecule has 0 spiro atoms. The Morgan fingerprint density at radius 2 is 2.15 bits per heavy atom. The summed E-state index contributed by atoms with van der Waals surface area (Å²) in [6.45, 7) is 1.63. The highest BCUT2D eigenvalue weighted by molar-refractivity contribution is 7.98. The third-order valence-electron chi connectivity index (χ3n) is 2.58. The second kappa shape index (κ2) is 7.05. The molecule has 0 aliphatic heterocycles. The molecule has 0 saturated heterocycles. The highest BCUT2D eigenvalue weighted by Crippen LogP contribution is 2.17. The molecular formula is C12H16FNO4S2. The zero-order valence-electron chi connectivity index (χ0n) is 11.1. The fourth-order valence-electron chi connectivity index (χ4n) is 1.54. The molecule has 0 unspecified atom stereocenters. The molecule has 2 N–H and O–H groups in total. The van der Waals surface area contributed by atoms with Crippen LogP contribution in [-0.2, 0) is 14.8 Å². The van der Waals surface area contributed by atoms with Gasteiger partial charge in [-0.25, -0.2) is 12.8 Å². The minimum Gasteiger partial charge on any atom is -0.480 e. The number of benzene rings is 1. The van der Waals surface area contributed by atoms with Crippen molar-refractivity contribution in [2.24, 2.45) is 0 Å². The minimum absolute atomic E-state index is 0.128. The van der Waals surface area contributed by atoms with Gasteiger partial charge in [0.2, 0.25) is 10.0 Å². The van der Waals surface area contributed by atoms with Gasteiger partial charge in [-0.05, 0) is 43.0 Å². The van der Waals surface area contributed by atoms with Crippen LogP contribution in [0.5, 0.6) is 0 Å². The van der Waals surface area contributed by atoms with Gasteiger partial charge in [-0.1, -0.05) is 6.07 Å². The van der Waals surface area contributed by atoms with Crippen LogP contribution in [0.25, 0.3) is 0 Å². The van der Waals surface area contributed by atoms with E-state index in [2.05, 4.69) is 0 Å². The first-order valence-electron chi connectivity index (χ1n) is 5.78. The van der Waals surface area contributed by atoms with Crippen LogP contribution < -0.4 is 4.72 Å². The van der Waals surface area contributed by atoms with Gasteiger partial charge >= 0.3 is 5.97 Å². The van der Waals surface area contributed by atoms with E-state index in [4.69, 9.17) is 5.11 Å². The SMILES string of the molecule is CSCC[C@@H](NS(=O)(=O)c1cc(C)ccc1F)C(=O)O. The lowest BCUT2D eigenvalue weighted by atomic mass is 10.2. The number of nitrogens with one attached hydrogen (secondary N) is 1. The van der Waals surface area contributed by atoms with Gasteiger partial charge in [-0.3, -0.25) is 4.79 Å². The van der Waals surface area contributed by atoms with E-state index in [-0.39, 0.29) is 6.42 Å². The molecule has 0 aliphatic rings. The average Bonchev–Trinajstić information content (AvgIpc) is 2.36. The molecule has 0 aliphatic carbocycles. The summed E-state index contributed by atoms with van der Waals surface area (Å²) in [5.41, 5.74) is 0.572. The predicted octanol–water partition coefficient (Wildman–Crippen LogP) is 1.62. The van der Waals surface area contributed by atoms with Gasteiger partial charge in [0, 0.05) is 0 Å². The number of carboxylic acids is 1. The molecule has 5 nitrogen and oxygen atoms in total. The molecule has 1 rings (SSSR count). The predicted molar refractivity (Wildman–Crippen MR) is 75.9 cm³/mol. The summed E-state index contributed by atoms with van der Waals surface area (Å²) in [4.78, 5) is 10.5. The molecule has 0 fully saturated rings. The topological polar surface area (TPSA) is 83.5 Å². The Labute approximate surface area is 121 Å². The van der Waals surface area contributed by atoms with Crippen LogP contribution >= 0.6 is 11.8 Å². The first-order chi connectivity index (χ1) is 9.27. The van der Waals surface area contributed by atoms with Gasteiger partial charge in [-0.15, -0.1) is 0 Å². The molecule has 0 amide bonds. The van der Waals surface area contributed by atoms with E-state index < -0.39 is 32.7 Å². The number of rotatable bonds is 7. The van der Waals surface area contributed by atoms with Crippen LogP contribution in [0.3, 0.4) is 0 Å². The minimum atomic E-state index is -4.20. The van der Waals surface area contributed by atoms with Gasteiger partial charge in [0.1, 0.15) is 16.8 Å². The van der Waals surface area contributed by atoms with Crippen molar-refractivity contribution >= 4 is 27.8 Å². The normalized spacial score (nSPS) is 13.2. The zero-order chi connectivity index (χ0) is 15.3. The zero-order valence-corrected chi connectivity index (χ0v) is 12.7. The van der Waals surface area contributed by atoms with E-state index in [0.29, 0.717) is 11.3 Å². The van der Waals surface area contributed by atoms with Crippen LogP contribution in [-0.4, -0.2) is 37.5 Å². The number of hydrogen-bond acceptors (Lipinski definition) is 4. The Morgan fingerprint density at radius 3 is 2.70 bits per heavy atom. The molecular weight excluding hydrogens is 305 g/mol. The maximum atomic E-state index is 13.6. The summed E-state index contributed by atoms with van der Waals surface area (Å²) in [5, 5.41) is 9.00. The lowest BCUT2D eigenvalue weighted by Crippen LogP contribution is -2.41. The monoisotopic (exact) mass is 321 g/mol. The second-order valence-electron chi connectivity index (χ2n) is 4.23. The number of carbonyl (C=O) groups is 1. The number of aliphatic carboxylic acids is 1. The summed E-state index contributed by atoms with van der Waals surface area (Å²) in [7, 11) is -4.20. The lowest BCUT2D eigenvalue weighted by molar-refractivity contribution is -0.139. The van der Waals surface area contributed by atoms with Crippen LogP contribution in [0.15, 0.2) is 23.1 Å². The quantitative estimate of drug-likeness (QED) is 0.797. The summed E-state index contributed by atoms with van der Waals surface area (Å²) < 4.78 is 39.8. The van der Waals surface area contributed by atoms with Crippen molar-refractivity contribution in [3.8, 4) is 0 Å². The van der Waals surface area contributed by atoms with Crippen molar-refractivity contribution in [1.29, 1.82) is 0 Å². The molecule has 0 radical (unpaired) electrons. The van der Waals surface area contributed by atoms with Crippen LogP contribution in [0.1, 0.15) is 12.0 Å². The summed E-state index contributed by atoms with van der Waals surface area (Å²) in [6, 6.07) is 2.39. The van der Waals surface area contributed by atoms with E-state index in [1.54, 1.807) is 13.2 Å². The van der Waals surface area contributed by atoms with Gasteiger partial charge < -0.3 is 5.11 Å². The van der Waals surface area contributed by atoms with Crippen LogP contribution in [0.4, 0.5) is 4.39 Å². The first kappa shape index (κ1) is 16.9. The van der Waals surface area contributed by atoms with Crippen molar-refractivity contribution in [1.82, 2.24) is 4.72 Å². The van der Waals surface area contributed by atoms with Crippen LogP contribution in [0.2, 0.25) is 0 Å². The largest absolute Gasteiger partial charge is 0.480 e. The lowest BCUT2D eigenvalue weighted by Gasteiger charge is -2.15. The molecule has 1 atom stereocenters. The Morgan fingerprint density at radius 1 is 1.50 bits per heavy atom. The maximum Gasteiger partial charge on any atom is 0.321 e. The Balaban J connectivity index is 3.03. The van der Waals surface area contributed by atoms with Crippen molar-refractivity contribution in [2.75, 3.05) is 12.0 Å². The van der Waals surface area contributed by atoms with Crippen molar-refractivity contribution in [3.05, 3.63) is 29.6 Å². The highest BCUT2D eigenvalue weighted by atomic mass is 32.2. The Hall–Kier alpha value is -1.12. The smallest absolute Gasteiger partial charge is 0.321 e. The maximum absolute atomic E-state index is 13.6. The van der Waals surface area contributed by atoms with E-state index in [1.807, 2.05) is 4.72 Å². The molecule has 1 aromatic carbocycles. The summed E-state index contributed by atoms with van der Waals surface area (Å²) in [6.07, 6.45) is 1.91. The number of aryl methyl sites for hydroxylation is 1. The number of thioether (sulfide) groups is 1. The fourth-order valence-corrected chi connectivity index (χ4v) is 3.39. The number of sulfonamides is 1. The van der Waals surface area contributed by atoms with Gasteiger partial charge in [0.15, 0.2) is 0 Å². The Kier molecular flexibility index (Phi) is 5.97. The van der Waals surface area contributed by atoms with Gasteiger partial charge in [-0.2, -0.15) is 16.5 Å². The van der Waals surface area contributed by atoms with E-state index >= 15 is 0 Å². The summed E-state index contributed by atoms with van der Waals surface area (Å²) >= 11 is 1.40. The molecule has 112 valence electrons. The number of halogens is 1. The third kappa shape index (κ3) is 4.46. The average molecular weight is 321 g/mol. The second-order valence-corrected chi connectivity index (χ2v) is 6.90. The van der Waals surface area contributed by atoms with Crippen molar-refractivity contribution < 1.29 is 22.7 Å². The molecule has 1 aromatic rings. The number of hydrogen-bond donors (Lipinski definition) is 2. The fraction of sp³-hybridized carbons (Fsp3) is 0.417. The van der Waals surface area contributed by atoms with Crippen molar-refractivity contribution in [3.63, 3.8) is 0 Å². The van der Waals surface area contributed by atoms with E-state index in [0.717, 1.165) is 6.07 Å². The van der Waals surface area contributed by atoms with Gasteiger partial charge in [0.25, 0.3) is 0 Å². The molecule has 20 heavy (non-hydrogen) atoms. The molecule has 0 aromatic heterocycles. The number of carboxylic acid groups (broad SMARTS) is 1. The summed E-state index contributed by atoms with van der Waals surface area (Å²) in [5.74, 6) is -1.71. The van der Waals surface area contributed by atoms with Gasteiger partial charge in [0.05, 0.1) is 0 Å². The molecule has 0 heterocycles. The molecule has 8 heteroatoms. The van der Waals surface area contributed by atoms with E-state index in [9.17, 15) is 17.6 Å². The standard InChI is InChI=1S/C12H16FNO4S2/c1-8-3-4-9(13)11(7-8)20(17,18)14-10(12(15)16)5-6-19-2/h3-4,7,10,14H,5-6H2,1-2H3,(H,15,16)/t10-/m1/s1. The molecule has 0 bridgehead atoms. The highest BCUT2D eigenvalue weighted by Gasteiger charge is 2.27. The van der Waals surface area contributed by atoms with Crippen LogP contribution in [0, 0.1) is 12.7 Å². The van der Waals surface area contributed by atoms with E-state index in [1.165, 1.54) is 23.9 Å². The Bertz CT molecular complexity index is 589. The first-order valence-corrected chi connectivity index (χ1v) is 8.66. The van der Waals surface area contributed by atoms with Crippen molar-refractivity contribution in [2.45, 2.75) is 24.3 Å².